The van der Waals surface area contributed by atoms with Crippen molar-refractivity contribution in [3.05, 3.63) is 34.7 Å². The van der Waals surface area contributed by atoms with Crippen molar-refractivity contribution in [1.29, 1.82) is 5.26 Å². The molecule has 1 aliphatic rings. The number of nitrogens with zero attached hydrogens (tertiary/aromatic N) is 3. The van der Waals surface area contributed by atoms with Gasteiger partial charge in [0.2, 0.25) is 0 Å². The molecule has 0 unspecified atom stereocenters. The second-order valence-corrected chi connectivity index (χ2v) is 5.72. The van der Waals surface area contributed by atoms with E-state index in [4.69, 9.17) is 5.26 Å². The summed E-state index contributed by atoms with van der Waals surface area (Å²) in [6, 6.07) is 9.64. The van der Waals surface area contributed by atoms with E-state index in [2.05, 4.69) is 0 Å². The van der Waals surface area contributed by atoms with Gasteiger partial charge in [-0.2, -0.15) is 5.26 Å². The van der Waals surface area contributed by atoms with E-state index in [0.29, 0.717) is 4.91 Å². The van der Waals surface area contributed by atoms with Crippen LogP contribution in [0.25, 0.3) is 6.08 Å². The minimum absolute atomic E-state index is 0.151. The number of thioether (sulfide) groups is 1. The fraction of sp³-hybridized carbons (Fsp3) is 0.267. The predicted molar refractivity (Wildman–Crippen MR) is 83.7 cm³/mol. The normalized spacial score (nSPS) is 16.4. The molecule has 0 spiro atoms. The lowest BCUT2D eigenvalue weighted by atomic mass is 10.2. The molecule has 108 valence electrons. The summed E-state index contributed by atoms with van der Waals surface area (Å²) in [5, 5.41) is 8.23. The molecule has 0 atom stereocenters. The summed E-state index contributed by atoms with van der Waals surface area (Å²) in [6.07, 6.45) is 1.86. The monoisotopic (exact) mass is 301 g/mol. The van der Waals surface area contributed by atoms with Gasteiger partial charge in [0.15, 0.2) is 0 Å². The average Bonchev–Trinajstić information content (AvgIpc) is 2.72. The van der Waals surface area contributed by atoms with Crippen LogP contribution >= 0.6 is 11.8 Å². The quantitative estimate of drug-likeness (QED) is 0.800. The van der Waals surface area contributed by atoms with Gasteiger partial charge < -0.3 is 4.90 Å². The lowest BCUT2D eigenvalue weighted by Crippen LogP contribution is -2.28. The Labute approximate surface area is 127 Å². The molecule has 5 nitrogen and oxygen atoms in total. The fourth-order valence-corrected chi connectivity index (χ4v) is 2.74. The van der Waals surface area contributed by atoms with Gasteiger partial charge in [-0.15, -0.1) is 0 Å². The number of benzene rings is 1. The van der Waals surface area contributed by atoms with Crippen LogP contribution in [0.4, 0.5) is 10.5 Å². The number of anilines is 1. The molecule has 0 aliphatic carbocycles. The second-order valence-electron chi connectivity index (χ2n) is 4.73. The lowest BCUT2D eigenvalue weighted by molar-refractivity contribution is -0.122. The Balaban J connectivity index is 2.16. The molecule has 0 N–H and O–H groups in total. The van der Waals surface area contributed by atoms with Crippen molar-refractivity contribution < 1.29 is 9.59 Å². The van der Waals surface area contributed by atoms with Gasteiger partial charge in [0.25, 0.3) is 11.1 Å². The Hall–Kier alpha value is -2.26. The first-order valence-corrected chi connectivity index (χ1v) is 7.24. The average molecular weight is 301 g/mol. The molecular formula is C15H15N3O2S. The molecule has 0 saturated carbocycles. The van der Waals surface area contributed by atoms with Crippen molar-refractivity contribution in [2.45, 2.75) is 6.42 Å². The first kappa shape index (κ1) is 15.1. The Morgan fingerprint density at radius 3 is 2.52 bits per heavy atom. The van der Waals surface area contributed by atoms with Crippen LogP contribution < -0.4 is 4.90 Å². The van der Waals surface area contributed by atoms with Gasteiger partial charge in [0.05, 0.1) is 17.4 Å². The summed E-state index contributed by atoms with van der Waals surface area (Å²) in [6.45, 7) is 0.151. The Morgan fingerprint density at radius 2 is 1.95 bits per heavy atom. The molecule has 1 aromatic rings. The van der Waals surface area contributed by atoms with Crippen LogP contribution in [0.5, 0.6) is 0 Å². The number of imide groups is 1. The molecule has 1 aliphatic heterocycles. The van der Waals surface area contributed by atoms with Crippen molar-refractivity contribution in [3.8, 4) is 6.07 Å². The van der Waals surface area contributed by atoms with Crippen LogP contribution in [0.15, 0.2) is 29.2 Å². The van der Waals surface area contributed by atoms with Gasteiger partial charge in [-0.25, -0.2) is 0 Å². The number of hydrogen-bond acceptors (Lipinski definition) is 5. The van der Waals surface area contributed by atoms with Gasteiger partial charge in [-0.1, -0.05) is 12.1 Å². The van der Waals surface area contributed by atoms with E-state index in [-0.39, 0.29) is 24.1 Å². The molecule has 2 rings (SSSR count). The summed E-state index contributed by atoms with van der Waals surface area (Å²) in [4.78, 5) is 27.3. The van der Waals surface area contributed by atoms with E-state index >= 15 is 0 Å². The maximum Gasteiger partial charge on any atom is 0.293 e. The predicted octanol–water partition coefficient (Wildman–Crippen LogP) is 2.70. The minimum Gasteiger partial charge on any atom is -0.378 e. The summed E-state index contributed by atoms with van der Waals surface area (Å²) >= 11 is 0.916. The Kier molecular flexibility index (Phi) is 4.66. The van der Waals surface area contributed by atoms with E-state index in [1.54, 1.807) is 6.08 Å². The zero-order chi connectivity index (χ0) is 15.4. The van der Waals surface area contributed by atoms with Gasteiger partial charge in [-0.05, 0) is 35.5 Å². The second kappa shape index (κ2) is 6.46. The topological polar surface area (TPSA) is 64.4 Å². The first-order chi connectivity index (χ1) is 10.0. The minimum atomic E-state index is -0.322. The molecule has 0 bridgehead atoms. The lowest BCUT2D eigenvalue weighted by Gasteiger charge is -2.12. The third kappa shape index (κ3) is 3.44. The summed E-state index contributed by atoms with van der Waals surface area (Å²) in [5.41, 5.74) is 1.93. The Morgan fingerprint density at radius 1 is 1.29 bits per heavy atom. The van der Waals surface area contributed by atoms with E-state index in [9.17, 15) is 9.59 Å². The summed E-state index contributed by atoms with van der Waals surface area (Å²) in [5.74, 6) is -0.322. The van der Waals surface area contributed by atoms with E-state index in [0.717, 1.165) is 27.9 Å². The van der Waals surface area contributed by atoms with E-state index < -0.39 is 0 Å². The molecule has 6 heteroatoms. The van der Waals surface area contributed by atoms with Crippen molar-refractivity contribution >= 4 is 34.7 Å². The van der Waals surface area contributed by atoms with E-state index in [1.165, 1.54) is 0 Å². The molecule has 2 amide bonds. The molecule has 1 saturated heterocycles. The maximum absolute atomic E-state index is 12.1. The largest absolute Gasteiger partial charge is 0.378 e. The highest BCUT2D eigenvalue weighted by Gasteiger charge is 2.34. The van der Waals surface area contributed by atoms with Gasteiger partial charge >= 0.3 is 0 Å². The van der Waals surface area contributed by atoms with Gasteiger partial charge in [0, 0.05) is 26.3 Å². The van der Waals surface area contributed by atoms with Crippen LogP contribution in [0, 0.1) is 11.3 Å². The number of amides is 2. The maximum atomic E-state index is 12.1. The van der Waals surface area contributed by atoms with Crippen molar-refractivity contribution in [1.82, 2.24) is 4.90 Å². The molecule has 1 heterocycles. The SMILES string of the molecule is CN(C)c1ccc(/C=C2\SC(=O)N(CCC#N)C2=O)cc1. The van der Waals surface area contributed by atoms with E-state index in [1.807, 2.05) is 49.3 Å². The number of hydrogen-bond donors (Lipinski definition) is 0. The molecular weight excluding hydrogens is 286 g/mol. The highest BCUT2D eigenvalue weighted by atomic mass is 32.2. The standard InChI is InChI=1S/C15H15N3O2S/c1-17(2)12-6-4-11(5-7-12)10-13-14(19)18(9-3-8-16)15(20)21-13/h4-7,10H,3,9H2,1-2H3/b13-10-. The molecule has 21 heavy (non-hydrogen) atoms. The Bertz CT molecular complexity index is 629. The van der Waals surface area contributed by atoms with Gasteiger partial charge in [-0.3, -0.25) is 14.5 Å². The van der Waals surface area contributed by atoms with Crippen LogP contribution in [0.2, 0.25) is 0 Å². The highest BCUT2D eigenvalue weighted by molar-refractivity contribution is 8.18. The zero-order valence-electron chi connectivity index (χ0n) is 11.9. The smallest absolute Gasteiger partial charge is 0.293 e. The highest BCUT2D eigenvalue weighted by Crippen LogP contribution is 2.32. The number of nitriles is 1. The number of carbonyl (C=O) groups excluding carboxylic acids is 2. The van der Waals surface area contributed by atoms with Crippen LogP contribution in [-0.2, 0) is 4.79 Å². The number of rotatable bonds is 4. The zero-order valence-corrected chi connectivity index (χ0v) is 12.7. The summed E-state index contributed by atoms with van der Waals surface area (Å²) < 4.78 is 0. The summed E-state index contributed by atoms with van der Waals surface area (Å²) in [7, 11) is 3.91. The number of carbonyl (C=O) groups is 2. The third-order valence-corrected chi connectivity index (χ3v) is 3.94. The van der Waals surface area contributed by atoms with Crippen molar-refractivity contribution in [3.63, 3.8) is 0 Å². The van der Waals surface area contributed by atoms with Crippen molar-refractivity contribution in [2.75, 3.05) is 25.5 Å². The molecule has 0 radical (unpaired) electrons. The molecule has 0 aromatic heterocycles. The fourth-order valence-electron chi connectivity index (χ4n) is 1.87. The first-order valence-electron chi connectivity index (χ1n) is 6.42. The van der Waals surface area contributed by atoms with Crippen LogP contribution in [-0.4, -0.2) is 36.7 Å². The van der Waals surface area contributed by atoms with Crippen LogP contribution in [0.3, 0.4) is 0 Å². The van der Waals surface area contributed by atoms with Crippen molar-refractivity contribution in [2.24, 2.45) is 0 Å². The molecule has 1 aromatic carbocycles. The third-order valence-electron chi connectivity index (χ3n) is 3.03. The van der Waals surface area contributed by atoms with Gasteiger partial charge in [0.1, 0.15) is 0 Å². The molecule has 1 fully saturated rings. The van der Waals surface area contributed by atoms with Crippen LogP contribution in [0.1, 0.15) is 12.0 Å².